The van der Waals surface area contributed by atoms with Crippen LogP contribution in [-0.4, -0.2) is 34.3 Å². The Balaban J connectivity index is 1.99. The first kappa shape index (κ1) is 11.9. The third-order valence-corrected chi connectivity index (χ3v) is 3.98. The summed E-state index contributed by atoms with van der Waals surface area (Å²) in [5, 5.41) is 0. The SMILES string of the molecule is O=C(c1cncs1)N1CCCC1CCCCl. The third kappa shape index (κ3) is 2.55. The first-order valence-electron chi connectivity index (χ1n) is 5.58. The molecule has 0 radical (unpaired) electrons. The summed E-state index contributed by atoms with van der Waals surface area (Å²) in [7, 11) is 0. The fraction of sp³-hybridized carbons (Fsp3) is 0.636. The predicted molar refractivity (Wildman–Crippen MR) is 66.1 cm³/mol. The molecule has 0 N–H and O–H groups in total. The Morgan fingerprint density at radius 3 is 3.25 bits per heavy atom. The molecule has 1 aromatic heterocycles. The van der Waals surface area contributed by atoms with Crippen molar-refractivity contribution in [2.45, 2.75) is 31.7 Å². The average Bonchev–Trinajstić information content (AvgIpc) is 2.96. The van der Waals surface area contributed by atoms with Gasteiger partial charge in [-0.1, -0.05) is 0 Å². The first-order valence-corrected chi connectivity index (χ1v) is 6.99. The molecule has 0 spiro atoms. The van der Waals surface area contributed by atoms with Crippen molar-refractivity contribution in [1.29, 1.82) is 0 Å². The van der Waals surface area contributed by atoms with E-state index in [2.05, 4.69) is 4.98 Å². The van der Waals surface area contributed by atoms with E-state index in [9.17, 15) is 4.79 Å². The number of carbonyl (C=O) groups excluding carboxylic acids is 1. The molecule has 1 amide bonds. The van der Waals surface area contributed by atoms with Crippen LogP contribution in [0.4, 0.5) is 0 Å². The van der Waals surface area contributed by atoms with Gasteiger partial charge in [-0.3, -0.25) is 9.78 Å². The monoisotopic (exact) mass is 258 g/mol. The fourth-order valence-corrected chi connectivity index (χ4v) is 2.91. The van der Waals surface area contributed by atoms with Crippen molar-refractivity contribution in [3.05, 3.63) is 16.6 Å². The van der Waals surface area contributed by atoms with Gasteiger partial charge in [0.2, 0.25) is 0 Å². The maximum atomic E-state index is 12.1. The molecule has 1 atom stereocenters. The van der Waals surface area contributed by atoms with Crippen LogP contribution in [0, 0.1) is 0 Å². The molecule has 2 heterocycles. The second kappa shape index (κ2) is 5.64. The Bertz CT molecular complexity index is 342. The molecule has 3 nitrogen and oxygen atoms in total. The van der Waals surface area contributed by atoms with Gasteiger partial charge in [0.15, 0.2) is 0 Å². The second-order valence-corrected chi connectivity index (χ2v) is 5.26. The van der Waals surface area contributed by atoms with Gasteiger partial charge in [-0.2, -0.15) is 0 Å². The molecule has 2 rings (SSSR count). The Morgan fingerprint density at radius 1 is 1.69 bits per heavy atom. The van der Waals surface area contributed by atoms with Crippen molar-refractivity contribution >= 4 is 28.8 Å². The average molecular weight is 259 g/mol. The highest BCUT2D eigenvalue weighted by Crippen LogP contribution is 2.24. The maximum Gasteiger partial charge on any atom is 0.265 e. The lowest BCUT2D eigenvalue weighted by Gasteiger charge is -2.23. The molecule has 0 aromatic carbocycles. The largest absolute Gasteiger partial charge is 0.335 e. The van der Waals surface area contributed by atoms with Crippen LogP contribution in [0.5, 0.6) is 0 Å². The number of thiazole rings is 1. The van der Waals surface area contributed by atoms with Gasteiger partial charge in [0, 0.05) is 18.5 Å². The number of likely N-dealkylation sites (tertiary alicyclic amines) is 1. The number of hydrogen-bond donors (Lipinski definition) is 0. The van der Waals surface area contributed by atoms with Crippen LogP contribution in [0.3, 0.4) is 0 Å². The molecule has 1 aliphatic rings. The molecule has 0 aliphatic carbocycles. The van der Waals surface area contributed by atoms with Gasteiger partial charge in [-0.05, 0) is 25.7 Å². The number of rotatable bonds is 4. The van der Waals surface area contributed by atoms with Gasteiger partial charge in [-0.15, -0.1) is 22.9 Å². The van der Waals surface area contributed by atoms with Crippen molar-refractivity contribution in [3.63, 3.8) is 0 Å². The summed E-state index contributed by atoms with van der Waals surface area (Å²) in [6.07, 6.45) is 5.88. The van der Waals surface area contributed by atoms with Gasteiger partial charge < -0.3 is 4.90 Å². The van der Waals surface area contributed by atoms with Crippen LogP contribution in [0.25, 0.3) is 0 Å². The van der Waals surface area contributed by atoms with E-state index < -0.39 is 0 Å². The first-order chi connectivity index (χ1) is 7.83. The number of alkyl halides is 1. The summed E-state index contributed by atoms with van der Waals surface area (Å²) in [6.45, 7) is 0.879. The lowest BCUT2D eigenvalue weighted by atomic mass is 10.1. The van der Waals surface area contributed by atoms with Crippen molar-refractivity contribution in [2.24, 2.45) is 0 Å². The Hall–Kier alpha value is -0.610. The number of amides is 1. The van der Waals surface area contributed by atoms with Crippen LogP contribution in [0.15, 0.2) is 11.7 Å². The summed E-state index contributed by atoms with van der Waals surface area (Å²) in [4.78, 5) is 18.8. The van der Waals surface area contributed by atoms with Crippen molar-refractivity contribution in [2.75, 3.05) is 12.4 Å². The van der Waals surface area contributed by atoms with Crippen molar-refractivity contribution in [3.8, 4) is 0 Å². The van der Waals surface area contributed by atoms with E-state index in [-0.39, 0.29) is 5.91 Å². The summed E-state index contributed by atoms with van der Waals surface area (Å²) >= 11 is 7.11. The van der Waals surface area contributed by atoms with Crippen molar-refractivity contribution < 1.29 is 4.79 Å². The minimum absolute atomic E-state index is 0.138. The van der Waals surface area contributed by atoms with E-state index in [1.165, 1.54) is 11.3 Å². The van der Waals surface area contributed by atoms with Crippen LogP contribution in [0.2, 0.25) is 0 Å². The lowest BCUT2D eigenvalue weighted by Crippen LogP contribution is -2.35. The quantitative estimate of drug-likeness (QED) is 0.778. The maximum absolute atomic E-state index is 12.1. The van der Waals surface area contributed by atoms with Crippen LogP contribution in [-0.2, 0) is 0 Å². The zero-order valence-corrected chi connectivity index (χ0v) is 10.6. The second-order valence-electron chi connectivity index (χ2n) is 3.99. The Kier molecular flexibility index (Phi) is 4.18. The summed E-state index contributed by atoms with van der Waals surface area (Å²) in [5.74, 6) is 0.818. The van der Waals surface area contributed by atoms with Crippen LogP contribution < -0.4 is 0 Å². The van der Waals surface area contributed by atoms with Crippen LogP contribution in [0.1, 0.15) is 35.4 Å². The van der Waals surface area contributed by atoms with E-state index in [0.717, 1.165) is 37.1 Å². The minimum Gasteiger partial charge on any atom is -0.335 e. The molecule has 1 aromatic rings. The van der Waals surface area contributed by atoms with Crippen molar-refractivity contribution in [1.82, 2.24) is 9.88 Å². The van der Waals surface area contributed by atoms with E-state index in [1.807, 2.05) is 4.90 Å². The molecule has 0 saturated carbocycles. The molecule has 1 fully saturated rings. The van der Waals surface area contributed by atoms with Gasteiger partial charge in [0.25, 0.3) is 5.91 Å². The van der Waals surface area contributed by atoms with Gasteiger partial charge >= 0.3 is 0 Å². The third-order valence-electron chi connectivity index (χ3n) is 2.95. The zero-order valence-electron chi connectivity index (χ0n) is 9.06. The van der Waals surface area contributed by atoms with Crippen LogP contribution >= 0.6 is 22.9 Å². The number of aromatic nitrogens is 1. The lowest BCUT2D eigenvalue weighted by molar-refractivity contribution is 0.0735. The van der Waals surface area contributed by atoms with Gasteiger partial charge in [0.1, 0.15) is 4.88 Å². The molecule has 16 heavy (non-hydrogen) atoms. The number of carbonyl (C=O) groups is 1. The van der Waals surface area contributed by atoms with Gasteiger partial charge in [-0.25, -0.2) is 0 Å². The molecular formula is C11H15ClN2OS. The smallest absolute Gasteiger partial charge is 0.265 e. The fourth-order valence-electron chi connectivity index (χ4n) is 2.18. The number of hydrogen-bond acceptors (Lipinski definition) is 3. The highest BCUT2D eigenvalue weighted by molar-refractivity contribution is 7.11. The van der Waals surface area contributed by atoms with E-state index in [0.29, 0.717) is 11.9 Å². The summed E-state index contributed by atoms with van der Waals surface area (Å²) < 4.78 is 0. The van der Waals surface area contributed by atoms with Gasteiger partial charge in [0.05, 0.1) is 11.7 Å². The molecule has 5 heteroatoms. The Morgan fingerprint density at radius 2 is 2.56 bits per heavy atom. The van der Waals surface area contributed by atoms with E-state index >= 15 is 0 Å². The molecule has 0 bridgehead atoms. The normalized spacial score (nSPS) is 20.3. The molecule has 1 unspecified atom stereocenters. The highest BCUT2D eigenvalue weighted by atomic mass is 35.5. The standard InChI is InChI=1S/C11H15ClN2OS/c12-5-1-3-9-4-2-6-14(9)11(15)10-7-13-8-16-10/h7-9H,1-6H2. The zero-order chi connectivity index (χ0) is 11.4. The minimum atomic E-state index is 0.138. The van der Waals surface area contributed by atoms with E-state index in [1.54, 1.807) is 11.7 Å². The summed E-state index contributed by atoms with van der Waals surface area (Å²) in [5.41, 5.74) is 1.71. The highest BCUT2D eigenvalue weighted by Gasteiger charge is 2.29. The topological polar surface area (TPSA) is 33.2 Å². The molecule has 1 saturated heterocycles. The number of nitrogens with zero attached hydrogens (tertiary/aromatic N) is 2. The molecule has 1 aliphatic heterocycles. The van der Waals surface area contributed by atoms with E-state index in [4.69, 9.17) is 11.6 Å². The molecule has 88 valence electrons. The predicted octanol–water partition coefficient (Wildman–Crippen LogP) is 2.77. The Labute approximate surface area is 104 Å². The number of halogens is 1. The summed E-state index contributed by atoms with van der Waals surface area (Å²) in [6, 6.07) is 0.383. The molecular weight excluding hydrogens is 244 g/mol.